The first-order valence-electron chi connectivity index (χ1n) is 6.27. The molecular weight excluding hydrogens is 248 g/mol. The second-order valence-corrected chi connectivity index (χ2v) is 5.93. The minimum Gasteiger partial charge on any atom is -0.365 e. The van der Waals surface area contributed by atoms with Crippen LogP contribution in [0.25, 0.3) is 0 Å². The molecule has 0 aromatic carbocycles. The summed E-state index contributed by atoms with van der Waals surface area (Å²) in [6.07, 6.45) is 3.39. The first kappa shape index (κ1) is 13.1. The predicted molar refractivity (Wildman–Crippen MR) is 72.9 cm³/mol. The molecule has 1 aliphatic carbocycles. The van der Waals surface area contributed by atoms with E-state index in [1.807, 2.05) is 0 Å². The predicted octanol–water partition coefficient (Wildman–Crippen LogP) is 2.32. The Kier molecular flexibility index (Phi) is 3.71. The Balaban J connectivity index is 2.41. The Labute approximate surface area is 111 Å². The molecule has 1 aromatic rings. The van der Waals surface area contributed by atoms with Gasteiger partial charge in [0.2, 0.25) is 5.91 Å². The third kappa shape index (κ3) is 2.41. The van der Waals surface area contributed by atoms with Crippen molar-refractivity contribution in [2.75, 3.05) is 5.32 Å². The molecule has 0 spiro atoms. The van der Waals surface area contributed by atoms with Crippen LogP contribution in [-0.4, -0.2) is 11.8 Å². The van der Waals surface area contributed by atoms with E-state index in [0.29, 0.717) is 22.9 Å². The number of rotatable bonds is 3. The Hall–Kier alpha value is -1.36. The third-order valence-corrected chi connectivity index (χ3v) is 4.54. The summed E-state index contributed by atoms with van der Waals surface area (Å²) >= 11 is 1.50. The van der Waals surface area contributed by atoms with Crippen LogP contribution in [0.2, 0.25) is 0 Å². The van der Waals surface area contributed by atoms with Crippen LogP contribution in [0.3, 0.4) is 0 Å². The summed E-state index contributed by atoms with van der Waals surface area (Å²) in [6.45, 7) is 3.96. The van der Waals surface area contributed by atoms with Gasteiger partial charge in [0, 0.05) is 11.3 Å². The highest BCUT2D eigenvalue weighted by Gasteiger charge is 2.27. The smallest absolute Gasteiger partial charge is 0.251 e. The van der Waals surface area contributed by atoms with Gasteiger partial charge in [0.05, 0.1) is 5.56 Å². The van der Waals surface area contributed by atoms with Crippen molar-refractivity contribution in [1.82, 2.24) is 0 Å². The quantitative estimate of drug-likeness (QED) is 0.881. The van der Waals surface area contributed by atoms with Crippen LogP contribution in [0, 0.1) is 5.92 Å². The van der Waals surface area contributed by atoms with E-state index in [1.165, 1.54) is 16.2 Å². The molecule has 2 amide bonds. The number of amides is 2. The lowest BCUT2D eigenvalue weighted by molar-refractivity contribution is -0.115. The first-order valence-corrected chi connectivity index (χ1v) is 7.08. The van der Waals surface area contributed by atoms with Crippen LogP contribution in [0.5, 0.6) is 0 Å². The van der Waals surface area contributed by atoms with Gasteiger partial charge in [-0.1, -0.05) is 13.8 Å². The summed E-state index contributed by atoms with van der Waals surface area (Å²) < 4.78 is 0. The van der Waals surface area contributed by atoms with E-state index < -0.39 is 5.91 Å². The summed E-state index contributed by atoms with van der Waals surface area (Å²) in [5, 5.41) is 3.43. The van der Waals surface area contributed by atoms with E-state index in [2.05, 4.69) is 12.2 Å². The molecular formula is C13H18N2O2S. The molecule has 5 heteroatoms. The zero-order chi connectivity index (χ0) is 13.3. The highest BCUT2D eigenvalue weighted by atomic mass is 32.1. The lowest BCUT2D eigenvalue weighted by Crippen LogP contribution is -2.19. The average Bonchev–Trinajstić information content (AvgIpc) is 2.65. The summed E-state index contributed by atoms with van der Waals surface area (Å²) in [5.74, 6) is 0.0528. The third-order valence-electron chi connectivity index (χ3n) is 3.33. The molecule has 0 unspecified atom stereocenters. The molecule has 0 radical (unpaired) electrons. The van der Waals surface area contributed by atoms with Gasteiger partial charge in [-0.3, -0.25) is 9.59 Å². The lowest BCUT2D eigenvalue weighted by Gasteiger charge is -2.18. The number of thiophene rings is 1. The molecule has 0 bridgehead atoms. The van der Waals surface area contributed by atoms with Crippen molar-refractivity contribution in [3.8, 4) is 0 Å². The molecule has 0 fully saturated rings. The van der Waals surface area contributed by atoms with E-state index in [0.717, 1.165) is 24.8 Å². The largest absolute Gasteiger partial charge is 0.365 e. The Bertz CT molecular complexity index is 493. The lowest BCUT2D eigenvalue weighted by atomic mass is 9.87. The fourth-order valence-corrected chi connectivity index (χ4v) is 3.59. The van der Waals surface area contributed by atoms with E-state index in [1.54, 1.807) is 6.92 Å². The number of hydrogen-bond acceptors (Lipinski definition) is 3. The van der Waals surface area contributed by atoms with Crippen molar-refractivity contribution >= 4 is 28.2 Å². The number of fused-ring (bicyclic) bond motifs is 1. The van der Waals surface area contributed by atoms with Crippen LogP contribution in [0.4, 0.5) is 5.00 Å². The highest BCUT2D eigenvalue weighted by molar-refractivity contribution is 7.17. The SMILES string of the molecule is CCC(=O)Nc1sc2c(c1C(N)=O)C[C@@H](C)CC2. The Morgan fingerprint density at radius 2 is 2.22 bits per heavy atom. The molecule has 2 rings (SSSR count). The summed E-state index contributed by atoms with van der Waals surface area (Å²) in [6, 6.07) is 0. The summed E-state index contributed by atoms with van der Waals surface area (Å²) in [5.41, 5.74) is 7.05. The highest BCUT2D eigenvalue weighted by Crippen LogP contribution is 2.39. The fourth-order valence-electron chi connectivity index (χ4n) is 2.32. The second-order valence-electron chi connectivity index (χ2n) is 4.82. The minimum atomic E-state index is -0.437. The molecule has 0 saturated carbocycles. The zero-order valence-electron chi connectivity index (χ0n) is 10.7. The van der Waals surface area contributed by atoms with Gasteiger partial charge < -0.3 is 11.1 Å². The number of nitrogens with two attached hydrogens (primary N) is 1. The van der Waals surface area contributed by atoms with Gasteiger partial charge in [-0.05, 0) is 30.7 Å². The maximum atomic E-state index is 11.6. The van der Waals surface area contributed by atoms with E-state index >= 15 is 0 Å². The van der Waals surface area contributed by atoms with Gasteiger partial charge in [-0.25, -0.2) is 0 Å². The topological polar surface area (TPSA) is 72.2 Å². The molecule has 0 aliphatic heterocycles. The van der Waals surface area contributed by atoms with Crippen LogP contribution in [-0.2, 0) is 17.6 Å². The van der Waals surface area contributed by atoms with Gasteiger partial charge in [0.15, 0.2) is 0 Å². The van der Waals surface area contributed by atoms with E-state index in [-0.39, 0.29) is 5.91 Å². The molecule has 0 saturated heterocycles. The molecule has 1 aromatic heterocycles. The molecule has 18 heavy (non-hydrogen) atoms. The zero-order valence-corrected chi connectivity index (χ0v) is 11.5. The minimum absolute atomic E-state index is 0.0795. The Morgan fingerprint density at radius 1 is 1.50 bits per heavy atom. The van der Waals surface area contributed by atoms with Crippen LogP contribution in [0.1, 0.15) is 47.5 Å². The van der Waals surface area contributed by atoms with Gasteiger partial charge in [0.1, 0.15) is 5.00 Å². The molecule has 98 valence electrons. The van der Waals surface area contributed by atoms with Crippen molar-refractivity contribution in [1.29, 1.82) is 0 Å². The molecule has 1 heterocycles. The van der Waals surface area contributed by atoms with Crippen LogP contribution in [0.15, 0.2) is 0 Å². The van der Waals surface area contributed by atoms with Crippen molar-refractivity contribution < 1.29 is 9.59 Å². The van der Waals surface area contributed by atoms with E-state index in [4.69, 9.17) is 5.73 Å². The molecule has 1 atom stereocenters. The number of primary amides is 1. The van der Waals surface area contributed by atoms with Crippen LogP contribution < -0.4 is 11.1 Å². The number of carbonyl (C=O) groups excluding carboxylic acids is 2. The standard InChI is InChI=1S/C13H18N2O2S/c1-3-10(16)15-13-11(12(14)17)8-6-7(2)4-5-9(8)18-13/h7H,3-6H2,1-2H3,(H2,14,17)(H,15,16)/t7-/m0/s1. The normalized spacial score (nSPS) is 18.2. The van der Waals surface area contributed by atoms with Crippen molar-refractivity contribution in [3.05, 3.63) is 16.0 Å². The maximum Gasteiger partial charge on any atom is 0.251 e. The number of nitrogens with one attached hydrogen (secondary N) is 1. The molecule has 4 nitrogen and oxygen atoms in total. The number of aryl methyl sites for hydroxylation is 1. The van der Waals surface area contributed by atoms with Gasteiger partial charge in [0.25, 0.3) is 5.91 Å². The summed E-state index contributed by atoms with van der Waals surface area (Å²) in [4.78, 5) is 24.3. The Morgan fingerprint density at radius 3 is 2.83 bits per heavy atom. The van der Waals surface area contributed by atoms with Gasteiger partial charge >= 0.3 is 0 Å². The number of anilines is 1. The monoisotopic (exact) mass is 266 g/mol. The molecule has 1 aliphatic rings. The van der Waals surface area contributed by atoms with Gasteiger partial charge in [-0.15, -0.1) is 11.3 Å². The number of hydrogen-bond donors (Lipinski definition) is 2. The van der Waals surface area contributed by atoms with Crippen LogP contribution >= 0.6 is 11.3 Å². The van der Waals surface area contributed by atoms with Crippen molar-refractivity contribution in [3.63, 3.8) is 0 Å². The number of carbonyl (C=O) groups is 2. The van der Waals surface area contributed by atoms with Gasteiger partial charge in [-0.2, -0.15) is 0 Å². The second kappa shape index (κ2) is 5.10. The average molecular weight is 266 g/mol. The van der Waals surface area contributed by atoms with E-state index in [9.17, 15) is 9.59 Å². The fraction of sp³-hybridized carbons (Fsp3) is 0.538. The first-order chi connectivity index (χ1) is 8.52. The van der Waals surface area contributed by atoms with Crippen molar-refractivity contribution in [2.45, 2.75) is 39.5 Å². The molecule has 3 N–H and O–H groups in total. The summed E-state index contributed by atoms with van der Waals surface area (Å²) in [7, 11) is 0. The maximum absolute atomic E-state index is 11.6. The van der Waals surface area contributed by atoms with Crippen molar-refractivity contribution in [2.24, 2.45) is 11.7 Å².